The smallest absolute Gasteiger partial charge is 0.137 e. The second-order valence-corrected chi connectivity index (χ2v) is 4.91. The Morgan fingerprint density at radius 2 is 2.28 bits per heavy atom. The second-order valence-electron chi connectivity index (χ2n) is 4.05. The molecule has 2 aromatic rings. The monoisotopic (exact) mass is 309 g/mol. The molecule has 0 fully saturated rings. The molecule has 0 bridgehead atoms. The van der Waals surface area contributed by atoms with Crippen molar-refractivity contribution < 1.29 is 4.74 Å². The summed E-state index contributed by atoms with van der Waals surface area (Å²) >= 11 is 3.48. The van der Waals surface area contributed by atoms with Gasteiger partial charge in [0, 0.05) is 31.8 Å². The van der Waals surface area contributed by atoms with Crippen molar-refractivity contribution in [2.45, 2.75) is 13.0 Å². The molecule has 0 aliphatic heterocycles. The van der Waals surface area contributed by atoms with Gasteiger partial charge in [-0.1, -0.05) is 12.1 Å². The largest absolute Gasteiger partial charge is 0.492 e. The highest BCUT2D eigenvalue weighted by Crippen LogP contribution is 2.28. The van der Waals surface area contributed by atoms with Gasteiger partial charge in [0.2, 0.25) is 0 Å². The highest BCUT2D eigenvalue weighted by atomic mass is 79.9. The van der Waals surface area contributed by atoms with E-state index < -0.39 is 0 Å². The lowest BCUT2D eigenvalue weighted by Gasteiger charge is -2.11. The molecule has 4 nitrogen and oxygen atoms in total. The number of ether oxygens (including phenoxy) is 1. The predicted molar refractivity (Wildman–Crippen MR) is 74.4 cm³/mol. The van der Waals surface area contributed by atoms with Crippen molar-refractivity contribution in [2.75, 3.05) is 6.61 Å². The van der Waals surface area contributed by atoms with Gasteiger partial charge in [0.1, 0.15) is 5.75 Å². The number of aryl methyl sites for hydroxylation is 1. The maximum absolute atomic E-state index is 5.81. The summed E-state index contributed by atoms with van der Waals surface area (Å²) in [5.41, 5.74) is 7.87. The van der Waals surface area contributed by atoms with Crippen LogP contribution in [-0.4, -0.2) is 16.4 Å². The van der Waals surface area contributed by atoms with Gasteiger partial charge in [-0.15, -0.1) is 0 Å². The molecule has 0 saturated carbocycles. The number of hydrogen-bond donors (Lipinski definition) is 1. The lowest BCUT2D eigenvalue weighted by atomic mass is 10.2. The van der Waals surface area contributed by atoms with Gasteiger partial charge in [0.15, 0.2) is 0 Å². The van der Waals surface area contributed by atoms with Crippen LogP contribution in [0.2, 0.25) is 0 Å². The molecule has 0 amide bonds. The minimum absolute atomic E-state index is 0.474. The van der Waals surface area contributed by atoms with Crippen molar-refractivity contribution in [3.05, 3.63) is 46.2 Å². The minimum atomic E-state index is 0.474. The van der Waals surface area contributed by atoms with E-state index in [1.54, 1.807) is 4.68 Å². The molecule has 2 rings (SSSR count). The van der Waals surface area contributed by atoms with E-state index in [1.807, 2.05) is 37.6 Å². The minimum Gasteiger partial charge on any atom is -0.492 e. The molecule has 1 aromatic carbocycles. The van der Waals surface area contributed by atoms with E-state index in [0.717, 1.165) is 22.2 Å². The first-order valence-corrected chi connectivity index (χ1v) is 6.58. The lowest BCUT2D eigenvalue weighted by Crippen LogP contribution is -2.06. The van der Waals surface area contributed by atoms with Crippen LogP contribution in [0.15, 0.2) is 35.1 Å². The number of nitrogens with zero attached hydrogens (tertiary/aromatic N) is 2. The van der Waals surface area contributed by atoms with Crippen LogP contribution >= 0.6 is 15.9 Å². The molecule has 2 N–H and O–H groups in total. The quantitative estimate of drug-likeness (QED) is 0.921. The normalized spacial score (nSPS) is 10.6. The Bertz CT molecular complexity index is 525. The Labute approximate surface area is 115 Å². The SMILES string of the molecule is Cn1cc(CCOc2c(Br)cccc2CN)cn1. The fraction of sp³-hybridized carbons (Fsp3) is 0.308. The third-order valence-corrected chi connectivity index (χ3v) is 3.29. The van der Waals surface area contributed by atoms with Gasteiger partial charge in [-0.25, -0.2) is 0 Å². The molecule has 0 spiro atoms. The Morgan fingerprint density at radius 3 is 2.94 bits per heavy atom. The Hall–Kier alpha value is -1.33. The van der Waals surface area contributed by atoms with E-state index in [0.29, 0.717) is 13.2 Å². The van der Waals surface area contributed by atoms with E-state index in [2.05, 4.69) is 21.0 Å². The average Bonchev–Trinajstić information content (AvgIpc) is 2.77. The number of hydrogen-bond acceptors (Lipinski definition) is 3. The Balaban J connectivity index is 1.98. The zero-order chi connectivity index (χ0) is 13.0. The molecule has 18 heavy (non-hydrogen) atoms. The average molecular weight is 310 g/mol. The van der Waals surface area contributed by atoms with Crippen LogP contribution in [0, 0.1) is 0 Å². The first-order valence-electron chi connectivity index (χ1n) is 5.78. The summed E-state index contributed by atoms with van der Waals surface area (Å²) < 4.78 is 8.54. The van der Waals surface area contributed by atoms with Crippen LogP contribution in [0.1, 0.15) is 11.1 Å². The fourth-order valence-corrected chi connectivity index (χ4v) is 2.27. The number of aromatic nitrogens is 2. The van der Waals surface area contributed by atoms with Crippen LogP contribution in [0.4, 0.5) is 0 Å². The molecule has 5 heteroatoms. The van der Waals surface area contributed by atoms with Crippen LogP contribution in [0.25, 0.3) is 0 Å². The van der Waals surface area contributed by atoms with E-state index in [4.69, 9.17) is 10.5 Å². The molecule has 0 aliphatic carbocycles. The van der Waals surface area contributed by atoms with E-state index in [-0.39, 0.29) is 0 Å². The van der Waals surface area contributed by atoms with Gasteiger partial charge in [-0.3, -0.25) is 4.68 Å². The molecule has 0 saturated heterocycles. The molecule has 1 heterocycles. The van der Waals surface area contributed by atoms with Crippen molar-refractivity contribution >= 4 is 15.9 Å². The molecule has 1 aromatic heterocycles. The summed E-state index contributed by atoms with van der Waals surface area (Å²) in [6.07, 6.45) is 4.68. The van der Waals surface area contributed by atoms with Gasteiger partial charge < -0.3 is 10.5 Å². The number of halogens is 1. The van der Waals surface area contributed by atoms with Gasteiger partial charge in [0.05, 0.1) is 17.3 Å². The molecular weight excluding hydrogens is 294 g/mol. The van der Waals surface area contributed by atoms with Crippen LogP contribution in [0.3, 0.4) is 0 Å². The third kappa shape index (κ3) is 3.11. The third-order valence-electron chi connectivity index (χ3n) is 2.66. The fourth-order valence-electron chi connectivity index (χ4n) is 1.75. The topological polar surface area (TPSA) is 53.1 Å². The standard InChI is InChI=1S/C13H16BrN3O/c1-17-9-10(8-16-17)5-6-18-13-11(7-15)3-2-4-12(13)14/h2-4,8-9H,5-7,15H2,1H3. The second kappa shape index (κ2) is 6.02. The summed E-state index contributed by atoms with van der Waals surface area (Å²) in [6, 6.07) is 5.89. The van der Waals surface area contributed by atoms with E-state index >= 15 is 0 Å². The zero-order valence-electron chi connectivity index (χ0n) is 10.3. The van der Waals surface area contributed by atoms with Crippen LogP contribution in [-0.2, 0) is 20.0 Å². The Morgan fingerprint density at radius 1 is 1.44 bits per heavy atom. The van der Waals surface area contributed by atoms with Crippen molar-refractivity contribution in [2.24, 2.45) is 12.8 Å². The van der Waals surface area contributed by atoms with Crippen molar-refractivity contribution in [3.8, 4) is 5.75 Å². The maximum atomic E-state index is 5.81. The predicted octanol–water partition coefficient (Wildman–Crippen LogP) is 2.26. The summed E-state index contributed by atoms with van der Waals surface area (Å²) in [7, 11) is 1.91. The summed E-state index contributed by atoms with van der Waals surface area (Å²) in [4.78, 5) is 0. The van der Waals surface area contributed by atoms with Crippen LogP contribution in [0.5, 0.6) is 5.75 Å². The maximum Gasteiger partial charge on any atom is 0.137 e. The molecule has 96 valence electrons. The highest BCUT2D eigenvalue weighted by Gasteiger charge is 2.07. The molecule has 0 unspecified atom stereocenters. The lowest BCUT2D eigenvalue weighted by molar-refractivity contribution is 0.316. The number of nitrogens with two attached hydrogens (primary N) is 1. The first-order chi connectivity index (χ1) is 8.70. The number of para-hydroxylation sites is 1. The zero-order valence-corrected chi connectivity index (χ0v) is 11.9. The number of benzene rings is 1. The van der Waals surface area contributed by atoms with Crippen molar-refractivity contribution in [3.63, 3.8) is 0 Å². The molecule has 0 atom stereocenters. The highest BCUT2D eigenvalue weighted by molar-refractivity contribution is 9.10. The molecular formula is C13H16BrN3O. The summed E-state index contributed by atoms with van der Waals surface area (Å²) in [5.74, 6) is 0.837. The number of rotatable bonds is 5. The van der Waals surface area contributed by atoms with Crippen LogP contribution < -0.4 is 10.5 Å². The Kier molecular flexibility index (Phi) is 4.38. The molecule has 0 radical (unpaired) electrons. The summed E-state index contributed by atoms with van der Waals surface area (Å²) in [6.45, 7) is 1.09. The van der Waals surface area contributed by atoms with Crippen molar-refractivity contribution in [1.82, 2.24) is 9.78 Å². The van der Waals surface area contributed by atoms with Gasteiger partial charge in [-0.05, 0) is 27.6 Å². The molecule has 0 aliphatic rings. The van der Waals surface area contributed by atoms with Crippen molar-refractivity contribution in [1.29, 1.82) is 0 Å². The van der Waals surface area contributed by atoms with Gasteiger partial charge in [0.25, 0.3) is 0 Å². The summed E-state index contributed by atoms with van der Waals surface area (Å²) in [5, 5.41) is 4.13. The van der Waals surface area contributed by atoms with Gasteiger partial charge in [-0.2, -0.15) is 5.10 Å². The van der Waals surface area contributed by atoms with E-state index in [9.17, 15) is 0 Å². The first kappa shape index (κ1) is 13.1. The van der Waals surface area contributed by atoms with E-state index in [1.165, 1.54) is 5.56 Å². The van der Waals surface area contributed by atoms with Gasteiger partial charge >= 0.3 is 0 Å².